The van der Waals surface area contributed by atoms with Gasteiger partial charge in [-0.3, -0.25) is 0 Å². The number of aromatic nitrogens is 2. The number of para-hydroxylation sites is 4. The van der Waals surface area contributed by atoms with Gasteiger partial charge in [0, 0.05) is 49.7 Å². The number of fused-ring (bicyclic) bond motifs is 10. The second kappa shape index (κ2) is 14.4. The fourth-order valence-electron chi connectivity index (χ4n) is 10.2. The average molecular weight is 821 g/mol. The monoisotopic (exact) mass is 820 g/mol. The first-order valence-corrected chi connectivity index (χ1v) is 22.0. The summed E-state index contributed by atoms with van der Waals surface area (Å²) in [7, 11) is 0. The van der Waals surface area contributed by atoms with Gasteiger partial charge in [-0.05, 0) is 89.5 Å². The van der Waals surface area contributed by atoms with Crippen LogP contribution >= 0.6 is 0 Å². The van der Waals surface area contributed by atoms with E-state index in [1.165, 1.54) is 43.4 Å². The maximum absolute atomic E-state index is 6.64. The fourth-order valence-corrected chi connectivity index (χ4v) is 10.2. The summed E-state index contributed by atoms with van der Waals surface area (Å²) in [4.78, 5) is 11.2. The zero-order chi connectivity index (χ0) is 42.3. The highest BCUT2D eigenvalue weighted by atomic mass is 16.3. The van der Waals surface area contributed by atoms with Gasteiger partial charge in [-0.15, -0.1) is 0 Å². The molecule has 0 spiro atoms. The molecule has 5 heteroatoms. The molecule has 302 valence electrons. The molecule has 64 heavy (non-hydrogen) atoms. The highest BCUT2D eigenvalue weighted by Crippen LogP contribution is 2.44. The van der Waals surface area contributed by atoms with Crippen molar-refractivity contribution in [1.82, 2.24) is 9.13 Å². The molecule has 0 bridgehead atoms. The van der Waals surface area contributed by atoms with Gasteiger partial charge in [0.2, 0.25) is 0 Å². The van der Waals surface area contributed by atoms with E-state index in [1.54, 1.807) is 0 Å². The third-order valence-electron chi connectivity index (χ3n) is 13.2. The Bertz CT molecular complexity index is 3940. The minimum Gasteiger partial charge on any atom is -0.456 e. The second-order valence-electron chi connectivity index (χ2n) is 16.9. The maximum atomic E-state index is 6.64. The zero-order valence-corrected chi connectivity index (χ0v) is 35.1. The number of amidine groups is 1. The van der Waals surface area contributed by atoms with Crippen molar-refractivity contribution >= 4 is 93.6 Å². The van der Waals surface area contributed by atoms with Crippen LogP contribution < -0.4 is 0 Å². The maximum Gasteiger partial charge on any atom is 0.160 e. The Hall–Kier alpha value is -8.28. The highest BCUT2D eigenvalue weighted by Gasteiger charge is 2.26. The third-order valence-corrected chi connectivity index (χ3v) is 13.2. The number of aliphatic imine (C=N–C) groups is 2. The number of furan rings is 1. The van der Waals surface area contributed by atoms with Crippen LogP contribution in [0.3, 0.4) is 0 Å². The highest BCUT2D eigenvalue weighted by molar-refractivity contribution is 6.20. The predicted molar refractivity (Wildman–Crippen MR) is 268 cm³/mol. The lowest BCUT2D eigenvalue weighted by Gasteiger charge is -2.20. The molecule has 0 saturated heterocycles. The Morgan fingerprint density at radius 3 is 1.88 bits per heavy atom. The molecule has 1 aliphatic rings. The van der Waals surface area contributed by atoms with Gasteiger partial charge in [-0.2, -0.15) is 0 Å². The van der Waals surface area contributed by atoms with E-state index in [9.17, 15) is 0 Å². The van der Waals surface area contributed by atoms with Gasteiger partial charge in [0.1, 0.15) is 11.2 Å². The molecule has 13 rings (SSSR count). The van der Waals surface area contributed by atoms with Crippen LogP contribution in [0.25, 0.3) is 93.4 Å². The number of nitrogens with zero attached hydrogens (tertiary/aromatic N) is 4. The van der Waals surface area contributed by atoms with Gasteiger partial charge in [-0.1, -0.05) is 146 Å². The molecule has 3 aromatic heterocycles. The van der Waals surface area contributed by atoms with Crippen LogP contribution in [0.15, 0.2) is 221 Å². The van der Waals surface area contributed by atoms with E-state index >= 15 is 0 Å². The molecule has 1 unspecified atom stereocenters. The molecule has 5 nitrogen and oxygen atoms in total. The molecule has 0 N–H and O–H groups in total. The van der Waals surface area contributed by atoms with E-state index in [1.807, 2.05) is 6.07 Å². The summed E-state index contributed by atoms with van der Waals surface area (Å²) in [5.74, 6) is 0.752. The number of rotatable bonds is 5. The van der Waals surface area contributed by atoms with E-state index < -0.39 is 0 Å². The van der Waals surface area contributed by atoms with Crippen LogP contribution in [-0.2, 0) is 0 Å². The lowest BCUT2D eigenvalue weighted by Crippen LogP contribution is -2.17. The summed E-state index contributed by atoms with van der Waals surface area (Å²) in [6, 6.07) is 71.4. The average Bonchev–Trinajstić information content (AvgIpc) is 4.00. The quantitative estimate of drug-likeness (QED) is 0.171. The van der Waals surface area contributed by atoms with Gasteiger partial charge in [0.05, 0.1) is 44.5 Å². The molecule has 1 aliphatic heterocycles. The number of hydrogen-bond donors (Lipinski definition) is 0. The molecule has 0 amide bonds. The number of benzene rings is 9. The second-order valence-corrected chi connectivity index (χ2v) is 16.9. The summed E-state index contributed by atoms with van der Waals surface area (Å²) in [5.41, 5.74) is 13.5. The van der Waals surface area contributed by atoms with Crippen molar-refractivity contribution in [3.05, 3.63) is 223 Å². The molecule has 0 fully saturated rings. The summed E-state index contributed by atoms with van der Waals surface area (Å²) in [5, 5.41) is 9.36. The first-order valence-electron chi connectivity index (χ1n) is 22.0. The van der Waals surface area contributed by atoms with Crippen molar-refractivity contribution in [3.63, 3.8) is 0 Å². The van der Waals surface area contributed by atoms with Gasteiger partial charge in [0.25, 0.3) is 0 Å². The molecular weight excluding hydrogens is 781 g/mol. The Labute approximate surface area is 369 Å². The van der Waals surface area contributed by atoms with Crippen LogP contribution in [0, 0.1) is 5.92 Å². The van der Waals surface area contributed by atoms with Crippen molar-refractivity contribution in [2.75, 3.05) is 0 Å². The normalized spacial score (nSPS) is 17.1. The van der Waals surface area contributed by atoms with Crippen LogP contribution in [0.2, 0.25) is 0 Å². The Morgan fingerprint density at radius 2 is 1.09 bits per heavy atom. The van der Waals surface area contributed by atoms with Crippen LogP contribution in [0.1, 0.15) is 30.0 Å². The molecular formula is C59H40N4O. The summed E-state index contributed by atoms with van der Waals surface area (Å²) < 4.78 is 11.4. The molecule has 0 aliphatic carbocycles. The van der Waals surface area contributed by atoms with Gasteiger partial charge in [-0.25, -0.2) is 9.98 Å². The molecule has 1 atom stereocenters. The zero-order valence-electron chi connectivity index (χ0n) is 35.1. The van der Waals surface area contributed by atoms with Crippen molar-refractivity contribution in [1.29, 1.82) is 0 Å². The van der Waals surface area contributed by atoms with Crippen LogP contribution in [0.4, 0.5) is 0 Å². The summed E-state index contributed by atoms with van der Waals surface area (Å²) in [6.45, 7) is 2.30. The predicted octanol–water partition coefficient (Wildman–Crippen LogP) is 15.3. The van der Waals surface area contributed by atoms with E-state index in [0.29, 0.717) is 5.84 Å². The van der Waals surface area contributed by atoms with Crippen molar-refractivity contribution in [2.24, 2.45) is 15.9 Å². The number of allylic oxidation sites excluding steroid dienone is 1. The van der Waals surface area contributed by atoms with Crippen molar-refractivity contribution < 1.29 is 4.42 Å². The SMILES string of the molecule is CC1C/C=C(c2ccc3oc4ccccc4c3c2-n2c3ccccc3c3cc4ccccc4cc32)/N=C(c2ccccc2)\N=C/1c1ccc2c(c1)c1ccccc1n2-c1ccccc1. The Balaban J connectivity index is 1.06. The first kappa shape index (κ1) is 36.4. The Morgan fingerprint density at radius 1 is 0.469 bits per heavy atom. The van der Waals surface area contributed by atoms with Gasteiger partial charge < -0.3 is 13.6 Å². The van der Waals surface area contributed by atoms with Crippen LogP contribution in [0.5, 0.6) is 0 Å². The lowest BCUT2D eigenvalue weighted by atomic mass is 9.92. The van der Waals surface area contributed by atoms with E-state index in [4.69, 9.17) is 14.4 Å². The van der Waals surface area contributed by atoms with Crippen LogP contribution in [-0.4, -0.2) is 20.7 Å². The largest absolute Gasteiger partial charge is 0.456 e. The molecule has 12 aromatic rings. The first-order chi connectivity index (χ1) is 31.7. The lowest BCUT2D eigenvalue weighted by molar-refractivity contribution is 0.669. The standard InChI is InChI=1S/C59H40N4O/c1-37-28-31-49(60-59(38-16-4-2-5-17-38)61-57(37)41-29-32-52-47(35-41)43-22-10-13-25-50(43)62(52)42-20-6-3-7-21-42)45-30-33-55-56(46-24-12-15-27-54(46)64-55)58(45)63-51-26-14-11-23-44(51)48-34-39-18-8-9-19-40(39)36-53(48)63/h2-27,29-37H,28H2,1H3/b49-31+,60-59-,61-57+. The smallest absolute Gasteiger partial charge is 0.160 e. The molecule has 9 aromatic carbocycles. The van der Waals surface area contributed by atoms with E-state index in [0.717, 1.165) is 78.9 Å². The topological polar surface area (TPSA) is 47.7 Å². The number of hydrogen-bond acceptors (Lipinski definition) is 3. The fraction of sp³-hybridized carbons (Fsp3) is 0.0508. The van der Waals surface area contributed by atoms with Gasteiger partial charge in [0.15, 0.2) is 5.84 Å². The van der Waals surface area contributed by atoms with Crippen molar-refractivity contribution in [3.8, 4) is 11.4 Å². The molecule has 0 saturated carbocycles. The summed E-state index contributed by atoms with van der Waals surface area (Å²) in [6.07, 6.45) is 3.07. The summed E-state index contributed by atoms with van der Waals surface area (Å²) >= 11 is 0. The molecule has 0 radical (unpaired) electrons. The molecule has 4 heterocycles. The Kier molecular flexibility index (Phi) is 8.19. The minimum atomic E-state index is 0.0747. The third kappa shape index (κ3) is 5.64. The van der Waals surface area contributed by atoms with E-state index in [2.05, 4.69) is 216 Å². The van der Waals surface area contributed by atoms with Crippen molar-refractivity contribution in [2.45, 2.75) is 13.3 Å². The van der Waals surface area contributed by atoms with Gasteiger partial charge >= 0.3 is 0 Å². The minimum absolute atomic E-state index is 0.0747. The van der Waals surface area contributed by atoms with E-state index in [-0.39, 0.29) is 5.92 Å².